The lowest BCUT2D eigenvalue weighted by molar-refractivity contribution is -0.308. The fourth-order valence-corrected chi connectivity index (χ4v) is 3.87. The first-order chi connectivity index (χ1) is 12.6. The molecule has 0 amide bonds. The number of alkyl halides is 4. The van der Waals surface area contributed by atoms with Crippen molar-refractivity contribution in [1.29, 1.82) is 0 Å². The summed E-state index contributed by atoms with van der Waals surface area (Å²) in [5.74, 6) is 0.324. The monoisotopic (exact) mass is 435 g/mol. The summed E-state index contributed by atoms with van der Waals surface area (Å²) in [5, 5.41) is 1.30. The molecule has 0 spiro atoms. The van der Waals surface area contributed by atoms with Crippen molar-refractivity contribution in [3.05, 3.63) is 74.8 Å². The average Bonchev–Trinajstić information content (AvgIpc) is 2.92. The topological polar surface area (TPSA) is 12.5 Å². The third-order valence-corrected chi connectivity index (χ3v) is 5.18. The maximum absolute atomic E-state index is 14.1. The van der Waals surface area contributed by atoms with Crippen LogP contribution in [0.5, 0.6) is 0 Å². The highest BCUT2D eigenvalue weighted by atomic mass is 35.5. The molecule has 0 saturated heterocycles. The van der Waals surface area contributed by atoms with Gasteiger partial charge in [0.25, 0.3) is 0 Å². The van der Waals surface area contributed by atoms with Gasteiger partial charge in [-0.15, -0.1) is 11.6 Å². The van der Waals surface area contributed by atoms with Crippen LogP contribution in [0.1, 0.15) is 22.3 Å². The summed E-state index contributed by atoms with van der Waals surface area (Å²) < 4.78 is 42.4. The lowest BCUT2D eigenvalue weighted by Crippen LogP contribution is -2.42. The molecule has 2 aromatic carbocycles. The minimum Gasteiger partial charge on any atom is -0.255 e. The number of hydrogen-bond acceptors (Lipinski definition) is 2. The Bertz CT molecular complexity index is 893. The number of nitrogens with zero attached hydrogens (tertiary/aromatic N) is 1. The van der Waals surface area contributed by atoms with Crippen molar-refractivity contribution in [2.45, 2.75) is 24.6 Å². The van der Waals surface area contributed by atoms with Crippen LogP contribution in [0.15, 0.2) is 42.5 Å². The SMILES string of the molecule is Cc1cc(C2=CC(c3cc(Cl)cc(Cl)c3)(C(F)(F)F)ON2C)ccc1CCl. The average molecular weight is 437 g/mol. The van der Waals surface area contributed by atoms with Crippen LogP contribution < -0.4 is 0 Å². The Morgan fingerprint density at radius 3 is 2.22 bits per heavy atom. The molecule has 144 valence electrons. The van der Waals surface area contributed by atoms with Crippen LogP contribution in [0.4, 0.5) is 13.2 Å². The van der Waals surface area contributed by atoms with Crippen LogP contribution in [0, 0.1) is 6.92 Å². The molecular formula is C19H15Cl3F3NO. The van der Waals surface area contributed by atoms with E-state index < -0.39 is 11.8 Å². The second-order valence-electron chi connectivity index (χ2n) is 6.28. The van der Waals surface area contributed by atoms with Gasteiger partial charge < -0.3 is 0 Å². The second-order valence-corrected chi connectivity index (χ2v) is 7.42. The number of benzene rings is 2. The van der Waals surface area contributed by atoms with Gasteiger partial charge in [-0.05, 0) is 48.4 Å². The third-order valence-electron chi connectivity index (χ3n) is 4.46. The molecule has 0 fully saturated rings. The van der Waals surface area contributed by atoms with Crippen molar-refractivity contribution in [3.8, 4) is 0 Å². The summed E-state index contributed by atoms with van der Waals surface area (Å²) in [6.07, 6.45) is -3.69. The van der Waals surface area contributed by atoms with Crippen LogP contribution in [-0.2, 0) is 16.3 Å². The zero-order chi connectivity index (χ0) is 20.0. The van der Waals surface area contributed by atoms with E-state index >= 15 is 0 Å². The Labute approximate surface area is 170 Å². The van der Waals surface area contributed by atoms with E-state index in [0.29, 0.717) is 11.4 Å². The fraction of sp³-hybridized carbons (Fsp3) is 0.263. The Morgan fingerprint density at radius 2 is 1.70 bits per heavy atom. The van der Waals surface area contributed by atoms with Gasteiger partial charge in [-0.25, -0.2) is 4.84 Å². The van der Waals surface area contributed by atoms with Gasteiger partial charge in [0.15, 0.2) is 0 Å². The van der Waals surface area contributed by atoms with Crippen molar-refractivity contribution in [3.63, 3.8) is 0 Å². The van der Waals surface area contributed by atoms with Crippen molar-refractivity contribution in [1.82, 2.24) is 5.06 Å². The lowest BCUT2D eigenvalue weighted by atomic mass is 9.91. The van der Waals surface area contributed by atoms with E-state index in [2.05, 4.69) is 0 Å². The summed E-state index contributed by atoms with van der Waals surface area (Å²) >= 11 is 17.7. The fourth-order valence-electron chi connectivity index (χ4n) is 3.05. The zero-order valence-electron chi connectivity index (χ0n) is 14.4. The summed E-state index contributed by atoms with van der Waals surface area (Å²) in [6.45, 7) is 1.85. The van der Waals surface area contributed by atoms with E-state index in [0.717, 1.165) is 22.3 Å². The highest BCUT2D eigenvalue weighted by Gasteiger charge is 2.60. The first-order valence-corrected chi connectivity index (χ1v) is 9.21. The van der Waals surface area contributed by atoms with E-state index in [1.165, 1.54) is 25.2 Å². The minimum absolute atomic E-state index is 0.0940. The van der Waals surface area contributed by atoms with Gasteiger partial charge in [-0.1, -0.05) is 35.3 Å². The van der Waals surface area contributed by atoms with E-state index in [1.807, 2.05) is 6.92 Å². The normalized spacial score (nSPS) is 20.1. The molecule has 0 bridgehead atoms. The number of hydroxylamine groups is 2. The Hall–Kier alpha value is -1.40. The Balaban J connectivity index is 2.18. The van der Waals surface area contributed by atoms with Crippen LogP contribution in [0.3, 0.4) is 0 Å². The van der Waals surface area contributed by atoms with Crippen LogP contribution >= 0.6 is 34.8 Å². The van der Waals surface area contributed by atoms with Gasteiger partial charge in [-0.3, -0.25) is 5.06 Å². The summed E-state index contributed by atoms with van der Waals surface area (Å²) in [4.78, 5) is 5.35. The van der Waals surface area contributed by atoms with Crippen molar-refractivity contribution < 1.29 is 18.0 Å². The molecule has 0 N–H and O–H groups in total. The molecular weight excluding hydrogens is 422 g/mol. The van der Waals surface area contributed by atoms with Gasteiger partial charge in [-0.2, -0.15) is 13.2 Å². The first-order valence-electron chi connectivity index (χ1n) is 7.92. The smallest absolute Gasteiger partial charge is 0.255 e. The van der Waals surface area contributed by atoms with Gasteiger partial charge in [0.1, 0.15) is 0 Å². The predicted octanol–water partition coefficient (Wildman–Crippen LogP) is 6.72. The molecule has 1 heterocycles. The first kappa shape index (κ1) is 20.3. The van der Waals surface area contributed by atoms with Gasteiger partial charge in [0.05, 0.1) is 5.70 Å². The van der Waals surface area contributed by atoms with E-state index in [1.54, 1.807) is 18.2 Å². The van der Waals surface area contributed by atoms with Gasteiger partial charge >= 0.3 is 6.18 Å². The Morgan fingerprint density at radius 1 is 1.07 bits per heavy atom. The Kier molecular flexibility index (Phi) is 5.43. The van der Waals surface area contributed by atoms with Crippen LogP contribution in [0.2, 0.25) is 10.0 Å². The molecule has 0 aromatic heterocycles. The molecule has 0 radical (unpaired) electrons. The van der Waals surface area contributed by atoms with E-state index in [4.69, 9.17) is 39.6 Å². The molecule has 8 heteroatoms. The standard InChI is InChI=1S/C19H15Cl3F3NO/c1-11-5-12(3-4-13(11)10-20)17-9-18(19(23,24)25,27-26(17)2)14-6-15(21)8-16(22)7-14/h3-9H,10H2,1-2H3. The molecule has 2 aromatic rings. The lowest BCUT2D eigenvalue weighted by Gasteiger charge is -2.31. The van der Waals surface area contributed by atoms with E-state index in [-0.39, 0.29) is 21.3 Å². The molecule has 1 aliphatic rings. The number of aryl methyl sites for hydroxylation is 1. The maximum atomic E-state index is 14.1. The molecule has 3 rings (SSSR count). The van der Waals surface area contributed by atoms with Crippen molar-refractivity contribution >= 4 is 40.5 Å². The molecule has 0 aliphatic carbocycles. The maximum Gasteiger partial charge on any atom is 0.428 e. The molecule has 1 aliphatic heterocycles. The van der Waals surface area contributed by atoms with Crippen LogP contribution in [0.25, 0.3) is 5.70 Å². The highest BCUT2D eigenvalue weighted by molar-refractivity contribution is 6.34. The molecule has 1 atom stereocenters. The number of rotatable bonds is 3. The number of halogens is 6. The summed E-state index contributed by atoms with van der Waals surface area (Å²) in [5.41, 5.74) is -0.220. The quantitative estimate of drug-likeness (QED) is 0.495. The van der Waals surface area contributed by atoms with Gasteiger partial charge in [0.2, 0.25) is 5.60 Å². The minimum atomic E-state index is -4.73. The molecule has 2 nitrogen and oxygen atoms in total. The number of hydrogen-bond donors (Lipinski definition) is 0. The van der Waals surface area contributed by atoms with Gasteiger partial charge in [0, 0.05) is 34.1 Å². The predicted molar refractivity (Wildman–Crippen MR) is 102 cm³/mol. The molecule has 27 heavy (non-hydrogen) atoms. The van der Waals surface area contributed by atoms with Crippen molar-refractivity contribution in [2.24, 2.45) is 0 Å². The van der Waals surface area contributed by atoms with E-state index in [9.17, 15) is 13.2 Å². The summed E-state index contributed by atoms with van der Waals surface area (Å²) in [7, 11) is 1.43. The largest absolute Gasteiger partial charge is 0.428 e. The summed E-state index contributed by atoms with van der Waals surface area (Å²) in [6, 6.07) is 9.06. The second kappa shape index (κ2) is 7.21. The van der Waals surface area contributed by atoms with Crippen molar-refractivity contribution in [2.75, 3.05) is 7.05 Å². The zero-order valence-corrected chi connectivity index (χ0v) is 16.6. The third kappa shape index (κ3) is 3.66. The highest BCUT2D eigenvalue weighted by Crippen LogP contribution is 2.51. The molecule has 1 unspecified atom stereocenters. The molecule has 0 saturated carbocycles. The van der Waals surface area contributed by atoms with Crippen LogP contribution in [-0.4, -0.2) is 18.3 Å².